The van der Waals surface area contributed by atoms with Gasteiger partial charge in [-0.2, -0.15) is 4.31 Å². The van der Waals surface area contributed by atoms with Crippen molar-refractivity contribution in [3.8, 4) is 5.75 Å². The van der Waals surface area contributed by atoms with E-state index in [1.165, 1.54) is 22.7 Å². The van der Waals surface area contributed by atoms with Gasteiger partial charge in [-0.25, -0.2) is 8.42 Å². The van der Waals surface area contributed by atoms with Crippen molar-refractivity contribution < 1.29 is 22.7 Å². The molecule has 2 heterocycles. The molecule has 128 valence electrons. The van der Waals surface area contributed by atoms with E-state index in [1.54, 1.807) is 18.2 Å². The van der Waals surface area contributed by atoms with Gasteiger partial charge in [0.25, 0.3) is 10.0 Å². The molecule has 1 N–H and O–H groups in total. The molecule has 0 unspecified atom stereocenters. The number of phenolic OH excluding ortho intramolecular Hbond substituents is 1. The number of aryl methyl sites for hydroxylation is 1. The van der Waals surface area contributed by atoms with Gasteiger partial charge >= 0.3 is 0 Å². The van der Waals surface area contributed by atoms with Gasteiger partial charge in [-0.05, 0) is 49.1 Å². The number of sulfonamides is 1. The first-order valence-corrected chi connectivity index (χ1v) is 9.28. The summed E-state index contributed by atoms with van der Waals surface area (Å²) in [5.41, 5.74) is 0.849. The molecule has 1 aliphatic rings. The molecule has 0 spiro atoms. The van der Waals surface area contributed by atoms with Crippen LogP contribution in [0.3, 0.4) is 0 Å². The molecular weight excluding hydrogens is 330 g/mol. The molecule has 0 aliphatic carbocycles. The molecule has 1 atom stereocenters. The van der Waals surface area contributed by atoms with Gasteiger partial charge in [0.2, 0.25) is 5.09 Å². The number of furan rings is 1. The highest BCUT2D eigenvalue weighted by Gasteiger charge is 2.40. The molecule has 1 aromatic heterocycles. The van der Waals surface area contributed by atoms with Crippen molar-refractivity contribution in [1.29, 1.82) is 0 Å². The van der Waals surface area contributed by atoms with Crippen molar-refractivity contribution in [3.63, 3.8) is 0 Å². The fourth-order valence-corrected chi connectivity index (χ4v) is 4.61. The lowest BCUT2D eigenvalue weighted by molar-refractivity contribution is -0.122. The summed E-state index contributed by atoms with van der Waals surface area (Å²) in [5.74, 6) is 0.0498. The van der Waals surface area contributed by atoms with Crippen LogP contribution in [-0.2, 0) is 21.2 Å². The number of carbonyl (C=O) groups is 1. The van der Waals surface area contributed by atoms with E-state index in [9.17, 15) is 18.3 Å². The molecule has 1 aromatic carbocycles. The number of carbonyl (C=O) groups excluding carboxylic acids is 1. The number of phenols is 1. The van der Waals surface area contributed by atoms with Crippen molar-refractivity contribution in [1.82, 2.24) is 4.31 Å². The Bertz CT molecular complexity index is 813. The van der Waals surface area contributed by atoms with E-state index < -0.39 is 16.1 Å². The van der Waals surface area contributed by atoms with Crippen LogP contribution in [0.4, 0.5) is 0 Å². The predicted molar refractivity (Wildman–Crippen MR) is 87.1 cm³/mol. The minimum absolute atomic E-state index is 0.106. The van der Waals surface area contributed by atoms with Crippen molar-refractivity contribution >= 4 is 15.8 Å². The van der Waals surface area contributed by atoms with Crippen LogP contribution in [-0.4, -0.2) is 36.2 Å². The normalized spacial score (nSPS) is 18.8. The lowest BCUT2D eigenvalue weighted by Gasteiger charge is -2.21. The molecule has 24 heavy (non-hydrogen) atoms. The minimum Gasteiger partial charge on any atom is -0.508 e. The van der Waals surface area contributed by atoms with Gasteiger partial charge in [0.1, 0.15) is 5.75 Å². The van der Waals surface area contributed by atoms with E-state index in [2.05, 4.69) is 0 Å². The Kier molecular flexibility index (Phi) is 4.73. The summed E-state index contributed by atoms with van der Waals surface area (Å²) >= 11 is 0. The molecule has 6 nitrogen and oxygen atoms in total. The highest BCUT2D eigenvalue weighted by molar-refractivity contribution is 7.89. The molecule has 0 saturated carbocycles. The number of ketones is 1. The maximum absolute atomic E-state index is 12.6. The second-order valence-corrected chi connectivity index (χ2v) is 7.66. The van der Waals surface area contributed by atoms with Gasteiger partial charge in [-0.1, -0.05) is 12.1 Å². The molecule has 7 heteroatoms. The summed E-state index contributed by atoms with van der Waals surface area (Å²) in [5, 5.41) is 9.33. The van der Waals surface area contributed by atoms with E-state index in [4.69, 9.17) is 4.42 Å². The Hall–Kier alpha value is -2.12. The number of benzene rings is 1. The standard InChI is InChI=1S/C17H19NO5S/c19-14-5-1-4-13(12-14)8-9-16(20)15-6-2-10-18(15)24(21,22)17-7-3-11-23-17/h1,3-5,7,11-12,15,19H,2,6,8-10H2/t15-/m0/s1. The second kappa shape index (κ2) is 6.78. The zero-order valence-electron chi connectivity index (χ0n) is 13.1. The molecule has 0 amide bonds. The number of hydrogen-bond donors (Lipinski definition) is 1. The van der Waals surface area contributed by atoms with Gasteiger partial charge in [-0.3, -0.25) is 4.79 Å². The SMILES string of the molecule is O=C(CCc1cccc(O)c1)[C@@H]1CCCN1S(=O)(=O)c1ccco1. The molecule has 1 saturated heterocycles. The topological polar surface area (TPSA) is 87.8 Å². The number of rotatable bonds is 6. The molecule has 2 aromatic rings. The molecule has 0 radical (unpaired) electrons. The summed E-state index contributed by atoms with van der Waals surface area (Å²) in [7, 11) is -3.77. The highest BCUT2D eigenvalue weighted by atomic mass is 32.2. The zero-order chi connectivity index (χ0) is 17.2. The van der Waals surface area contributed by atoms with Crippen LogP contribution in [0.5, 0.6) is 5.75 Å². The Balaban J connectivity index is 1.70. The largest absolute Gasteiger partial charge is 0.508 e. The van der Waals surface area contributed by atoms with Gasteiger partial charge < -0.3 is 9.52 Å². The van der Waals surface area contributed by atoms with E-state index in [0.717, 1.165) is 5.56 Å². The fraction of sp³-hybridized carbons (Fsp3) is 0.353. The van der Waals surface area contributed by atoms with Crippen LogP contribution >= 0.6 is 0 Å². The van der Waals surface area contributed by atoms with Crippen LogP contribution in [0, 0.1) is 0 Å². The first-order valence-electron chi connectivity index (χ1n) is 7.84. The third-order valence-electron chi connectivity index (χ3n) is 4.20. The van der Waals surface area contributed by atoms with Gasteiger partial charge in [0, 0.05) is 13.0 Å². The van der Waals surface area contributed by atoms with Crippen LogP contribution < -0.4 is 0 Å². The smallest absolute Gasteiger partial charge is 0.277 e. The summed E-state index contributed by atoms with van der Waals surface area (Å²) in [6, 6.07) is 9.00. The maximum Gasteiger partial charge on any atom is 0.277 e. The Labute approximate surface area is 140 Å². The summed E-state index contributed by atoms with van der Waals surface area (Å²) in [4.78, 5) is 12.5. The number of aromatic hydroxyl groups is 1. The van der Waals surface area contributed by atoms with Crippen LogP contribution in [0.2, 0.25) is 0 Å². The summed E-state index contributed by atoms with van der Waals surface area (Å²) in [6.07, 6.45) is 3.19. The monoisotopic (exact) mass is 349 g/mol. The summed E-state index contributed by atoms with van der Waals surface area (Å²) in [6.45, 7) is 0.325. The lowest BCUT2D eigenvalue weighted by atomic mass is 10.0. The first kappa shape index (κ1) is 16.7. The molecule has 3 rings (SSSR count). The number of nitrogens with zero attached hydrogens (tertiary/aromatic N) is 1. The average molecular weight is 349 g/mol. The molecule has 1 fully saturated rings. The van der Waals surface area contributed by atoms with E-state index in [0.29, 0.717) is 25.8 Å². The van der Waals surface area contributed by atoms with Crippen molar-refractivity contribution in [2.24, 2.45) is 0 Å². The van der Waals surface area contributed by atoms with Crippen LogP contribution in [0.15, 0.2) is 52.2 Å². The first-order chi connectivity index (χ1) is 11.5. The third-order valence-corrected chi connectivity index (χ3v) is 6.00. The van der Waals surface area contributed by atoms with Crippen molar-refractivity contribution in [3.05, 3.63) is 48.2 Å². The quantitative estimate of drug-likeness (QED) is 0.865. The lowest BCUT2D eigenvalue weighted by Crippen LogP contribution is -2.40. The average Bonchev–Trinajstić information content (AvgIpc) is 3.24. The highest BCUT2D eigenvalue weighted by Crippen LogP contribution is 2.27. The predicted octanol–water partition coefficient (Wildman–Crippen LogP) is 2.34. The van der Waals surface area contributed by atoms with Crippen molar-refractivity contribution in [2.45, 2.75) is 36.8 Å². The number of Topliss-reactive ketones (excluding diaryl/α,β-unsaturated/α-hetero) is 1. The molecule has 0 bridgehead atoms. The maximum atomic E-state index is 12.6. The zero-order valence-corrected chi connectivity index (χ0v) is 13.9. The van der Waals surface area contributed by atoms with Gasteiger partial charge in [0.05, 0.1) is 12.3 Å². The fourth-order valence-electron chi connectivity index (χ4n) is 3.02. The summed E-state index contributed by atoms with van der Waals surface area (Å²) < 4.78 is 31.4. The van der Waals surface area contributed by atoms with Gasteiger partial charge in [-0.15, -0.1) is 0 Å². The minimum atomic E-state index is -3.77. The van der Waals surface area contributed by atoms with E-state index in [-0.39, 0.29) is 23.0 Å². The third kappa shape index (κ3) is 3.37. The Morgan fingerprint density at radius 2 is 2.12 bits per heavy atom. The van der Waals surface area contributed by atoms with E-state index in [1.807, 2.05) is 6.07 Å². The number of hydrogen-bond acceptors (Lipinski definition) is 5. The van der Waals surface area contributed by atoms with Gasteiger partial charge in [0.15, 0.2) is 5.78 Å². The van der Waals surface area contributed by atoms with Crippen LogP contribution in [0.1, 0.15) is 24.8 Å². The van der Waals surface area contributed by atoms with Crippen LogP contribution in [0.25, 0.3) is 0 Å². The molecular formula is C17H19NO5S. The Morgan fingerprint density at radius 3 is 2.83 bits per heavy atom. The van der Waals surface area contributed by atoms with E-state index >= 15 is 0 Å². The molecule has 1 aliphatic heterocycles. The second-order valence-electron chi connectivity index (χ2n) is 5.84. The Morgan fingerprint density at radius 1 is 1.29 bits per heavy atom. The van der Waals surface area contributed by atoms with Crippen molar-refractivity contribution in [2.75, 3.05) is 6.54 Å².